The topological polar surface area (TPSA) is 38.7 Å². The van der Waals surface area contributed by atoms with Gasteiger partial charge in [-0.1, -0.05) is 6.92 Å². The number of aliphatic hydroxyl groups is 1. The molecule has 0 atom stereocenters. The molecule has 0 spiro atoms. The minimum atomic E-state index is 0.139. The van der Waals surface area contributed by atoms with Gasteiger partial charge < -0.3 is 14.6 Å². The highest BCUT2D eigenvalue weighted by Gasteiger charge is 2.35. The standard InChI is InChI=1S/C6H12O2.C3H6O/c1-2-6(3-7)4-8-5-6;1-2-4-3-1/h7H,2-5H2,1H3;1-3H2. The Kier molecular flexibility index (Phi) is 3.98. The van der Waals surface area contributed by atoms with Crippen LogP contribution in [0.5, 0.6) is 0 Å². The molecule has 2 aliphatic rings. The van der Waals surface area contributed by atoms with E-state index in [0.717, 1.165) is 32.8 Å². The van der Waals surface area contributed by atoms with E-state index in [0.29, 0.717) is 0 Å². The minimum Gasteiger partial charge on any atom is -0.396 e. The molecule has 0 aromatic carbocycles. The number of aliphatic hydroxyl groups excluding tert-OH is 1. The smallest absolute Gasteiger partial charge is 0.0566 e. The van der Waals surface area contributed by atoms with Crippen LogP contribution < -0.4 is 0 Å². The lowest BCUT2D eigenvalue weighted by molar-refractivity contribution is -0.138. The summed E-state index contributed by atoms with van der Waals surface area (Å²) in [6.45, 7) is 5.86. The molecule has 0 amide bonds. The number of hydrogen-bond donors (Lipinski definition) is 1. The zero-order valence-corrected chi connectivity index (χ0v) is 7.71. The molecule has 0 aliphatic carbocycles. The molecular weight excluding hydrogens is 156 g/mol. The molecule has 72 valence electrons. The van der Waals surface area contributed by atoms with Crippen LogP contribution in [0.2, 0.25) is 0 Å². The third-order valence-corrected chi connectivity index (χ3v) is 2.48. The van der Waals surface area contributed by atoms with Crippen molar-refractivity contribution in [1.82, 2.24) is 0 Å². The molecule has 0 aromatic rings. The van der Waals surface area contributed by atoms with Gasteiger partial charge in [0.1, 0.15) is 0 Å². The molecule has 0 saturated carbocycles. The summed E-state index contributed by atoms with van der Waals surface area (Å²) in [7, 11) is 0. The molecule has 2 fully saturated rings. The fourth-order valence-electron chi connectivity index (χ4n) is 0.942. The summed E-state index contributed by atoms with van der Waals surface area (Å²) in [6.07, 6.45) is 2.31. The van der Waals surface area contributed by atoms with Crippen LogP contribution in [-0.2, 0) is 9.47 Å². The SMILES string of the molecule is C1COC1.CCC1(CO)COC1. The summed E-state index contributed by atoms with van der Waals surface area (Å²) in [5, 5.41) is 8.76. The maximum Gasteiger partial charge on any atom is 0.0566 e. The summed E-state index contributed by atoms with van der Waals surface area (Å²) in [6, 6.07) is 0. The van der Waals surface area contributed by atoms with Gasteiger partial charge in [0.25, 0.3) is 0 Å². The second kappa shape index (κ2) is 4.80. The van der Waals surface area contributed by atoms with Gasteiger partial charge in [0.05, 0.1) is 19.8 Å². The van der Waals surface area contributed by atoms with Gasteiger partial charge in [-0.15, -0.1) is 0 Å². The van der Waals surface area contributed by atoms with Crippen LogP contribution in [0.3, 0.4) is 0 Å². The molecule has 0 aromatic heterocycles. The van der Waals surface area contributed by atoms with E-state index in [1.807, 2.05) is 0 Å². The van der Waals surface area contributed by atoms with Crippen LogP contribution in [0.25, 0.3) is 0 Å². The molecule has 12 heavy (non-hydrogen) atoms. The van der Waals surface area contributed by atoms with Crippen molar-refractivity contribution in [3.05, 3.63) is 0 Å². The molecule has 0 unspecified atom stereocenters. The largest absolute Gasteiger partial charge is 0.396 e. The quantitative estimate of drug-likeness (QED) is 0.673. The lowest BCUT2D eigenvalue weighted by Gasteiger charge is -2.38. The maximum absolute atomic E-state index is 8.76. The predicted molar refractivity (Wildman–Crippen MR) is 46.1 cm³/mol. The predicted octanol–water partition coefficient (Wildman–Crippen LogP) is 0.812. The summed E-state index contributed by atoms with van der Waals surface area (Å²) in [5.74, 6) is 0. The van der Waals surface area contributed by atoms with Crippen LogP contribution >= 0.6 is 0 Å². The summed E-state index contributed by atoms with van der Waals surface area (Å²) in [5.41, 5.74) is 0.139. The van der Waals surface area contributed by atoms with E-state index in [-0.39, 0.29) is 12.0 Å². The normalized spacial score (nSPS) is 24.5. The van der Waals surface area contributed by atoms with Gasteiger partial charge in [0.2, 0.25) is 0 Å². The van der Waals surface area contributed by atoms with Crippen molar-refractivity contribution in [2.24, 2.45) is 5.41 Å². The van der Waals surface area contributed by atoms with E-state index in [2.05, 4.69) is 6.92 Å². The molecule has 0 bridgehead atoms. The summed E-state index contributed by atoms with van der Waals surface area (Å²) in [4.78, 5) is 0. The average molecular weight is 174 g/mol. The zero-order valence-electron chi connectivity index (χ0n) is 7.71. The van der Waals surface area contributed by atoms with Crippen molar-refractivity contribution in [3.63, 3.8) is 0 Å². The van der Waals surface area contributed by atoms with Gasteiger partial charge in [0, 0.05) is 18.6 Å². The molecule has 2 aliphatic heterocycles. The van der Waals surface area contributed by atoms with Crippen LogP contribution in [-0.4, -0.2) is 38.1 Å². The van der Waals surface area contributed by atoms with E-state index in [4.69, 9.17) is 14.6 Å². The van der Waals surface area contributed by atoms with Crippen LogP contribution in [0.15, 0.2) is 0 Å². The van der Waals surface area contributed by atoms with Gasteiger partial charge in [-0.2, -0.15) is 0 Å². The van der Waals surface area contributed by atoms with Crippen molar-refractivity contribution in [2.75, 3.05) is 33.0 Å². The Labute approximate surface area is 73.7 Å². The van der Waals surface area contributed by atoms with E-state index in [9.17, 15) is 0 Å². The third-order valence-electron chi connectivity index (χ3n) is 2.48. The van der Waals surface area contributed by atoms with Crippen molar-refractivity contribution in [2.45, 2.75) is 19.8 Å². The molecule has 3 heteroatoms. The first kappa shape index (κ1) is 9.96. The van der Waals surface area contributed by atoms with Gasteiger partial charge in [-0.25, -0.2) is 0 Å². The Morgan fingerprint density at radius 3 is 1.75 bits per heavy atom. The maximum atomic E-state index is 8.76. The number of hydrogen-bond acceptors (Lipinski definition) is 3. The van der Waals surface area contributed by atoms with E-state index < -0.39 is 0 Å². The molecule has 0 radical (unpaired) electrons. The lowest BCUT2D eigenvalue weighted by Crippen LogP contribution is -2.44. The molecular formula is C9H18O3. The van der Waals surface area contributed by atoms with Crippen molar-refractivity contribution >= 4 is 0 Å². The summed E-state index contributed by atoms with van der Waals surface area (Å²) >= 11 is 0. The van der Waals surface area contributed by atoms with Crippen molar-refractivity contribution in [1.29, 1.82) is 0 Å². The zero-order chi connectivity index (χ0) is 8.86. The third kappa shape index (κ3) is 2.44. The Morgan fingerprint density at radius 2 is 1.75 bits per heavy atom. The van der Waals surface area contributed by atoms with Gasteiger partial charge >= 0.3 is 0 Å². The first-order valence-corrected chi connectivity index (χ1v) is 4.59. The first-order chi connectivity index (χ1) is 5.83. The Balaban J connectivity index is 0.000000150. The Hall–Kier alpha value is -0.120. The molecule has 2 heterocycles. The van der Waals surface area contributed by atoms with Crippen molar-refractivity contribution < 1.29 is 14.6 Å². The fourth-order valence-corrected chi connectivity index (χ4v) is 0.942. The minimum absolute atomic E-state index is 0.139. The highest BCUT2D eigenvalue weighted by Crippen LogP contribution is 2.29. The highest BCUT2D eigenvalue weighted by molar-refractivity contribution is 4.82. The van der Waals surface area contributed by atoms with Crippen LogP contribution in [0.4, 0.5) is 0 Å². The first-order valence-electron chi connectivity index (χ1n) is 4.59. The molecule has 2 saturated heterocycles. The monoisotopic (exact) mass is 174 g/mol. The molecule has 1 N–H and O–H groups in total. The molecule has 2 rings (SSSR count). The number of ether oxygens (including phenoxy) is 2. The fraction of sp³-hybridized carbons (Fsp3) is 1.00. The van der Waals surface area contributed by atoms with Gasteiger partial charge in [-0.05, 0) is 12.8 Å². The molecule has 3 nitrogen and oxygen atoms in total. The van der Waals surface area contributed by atoms with E-state index >= 15 is 0 Å². The highest BCUT2D eigenvalue weighted by atomic mass is 16.5. The Morgan fingerprint density at radius 1 is 1.25 bits per heavy atom. The van der Waals surface area contributed by atoms with Gasteiger partial charge in [0.15, 0.2) is 0 Å². The second-order valence-electron chi connectivity index (χ2n) is 3.47. The lowest BCUT2D eigenvalue weighted by atomic mass is 9.84. The van der Waals surface area contributed by atoms with E-state index in [1.165, 1.54) is 6.42 Å². The average Bonchev–Trinajstić information content (AvgIpc) is 1.83. The van der Waals surface area contributed by atoms with Gasteiger partial charge in [-0.3, -0.25) is 0 Å². The van der Waals surface area contributed by atoms with Crippen LogP contribution in [0, 0.1) is 5.41 Å². The van der Waals surface area contributed by atoms with E-state index in [1.54, 1.807) is 0 Å². The second-order valence-corrected chi connectivity index (χ2v) is 3.47. The number of rotatable bonds is 2. The van der Waals surface area contributed by atoms with Crippen LogP contribution in [0.1, 0.15) is 19.8 Å². The van der Waals surface area contributed by atoms with Crippen molar-refractivity contribution in [3.8, 4) is 0 Å². The Bertz CT molecular complexity index is 99.4. The summed E-state index contributed by atoms with van der Waals surface area (Å²) < 4.78 is 9.68.